The molecule has 2 rings (SSSR count). The van der Waals surface area contributed by atoms with Gasteiger partial charge >= 0.3 is 0 Å². The van der Waals surface area contributed by atoms with Gasteiger partial charge in [-0.2, -0.15) is 0 Å². The van der Waals surface area contributed by atoms with Crippen molar-refractivity contribution in [3.63, 3.8) is 0 Å². The SMILES string of the molecule is CC(COC(C)c1ccccc1)c1ccccc1. The molecule has 2 aromatic carbocycles. The van der Waals surface area contributed by atoms with Crippen molar-refractivity contribution in [2.75, 3.05) is 6.61 Å². The van der Waals surface area contributed by atoms with Crippen LogP contribution in [0.5, 0.6) is 0 Å². The van der Waals surface area contributed by atoms with Crippen LogP contribution < -0.4 is 0 Å². The Morgan fingerprint density at radius 1 is 0.778 bits per heavy atom. The van der Waals surface area contributed by atoms with E-state index in [2.05, 4.69) is 62.4 Å². The average Bonchev–Trinajstić information content (AvgIpc) is 2.46. The van der Waals surface area contributed by atoms with Crippen molar-refractivity contribution in [1.82, 2.24) is 0 Å². The molecule has 0 saturated heterocycles. The van der Waals surface area contributed by atoms with Crippen molar-refractivity contribution in [1.29, 1.82) is 0 Å². The van der Waals surface area contributed by atoms with Crippen molar-refractivity contribution in [2.24, 2.45) is 0 Å². The van der Waals surface area contributed by atoms with Gasteiger partial charge in [0.2, 0.25) is 0 Å². The van der Waals surface area contributed by atoms with E-state index in [-0.39, 0.29) is 6.10 Å². The molecule has 0 radical (unpaired) electrons. The van der Waals surface area contributed by atoms with E-state index in [0.717, 1.165) is 6.61 Å². The number of rotatable bonds is 5. The minimum Gasteiger partial charge on any atom is -0.373 e. The largest absolute Gasteiger partial charge is 0.373 e. The second kappa shape index (κ2) is 6.36. The lowest BCUT2D eigenvalue weighted by molar-refractivity contribution is 0.0575. The molecule has 94 valence electrons. The van der Waals surface area contributed by atoms with Gasteiger partial charge in [-0.25, -0.2) is 0 Å². The zero-order valence-electron chi connectivity index (χ0n) is 11.0. The van der Waals surface area contributed by atoms with E-state index in [4.69, 9.17) is 4.74 Å². The van der Waals surface area contributed by atoms with E-state index in [9.17, 15) is 0 Å². The first-order valence-corrected chi connectivity index (χ1v) is 6.49. The highest BCUT2D eigenvalue weighted by atomic mass is 16.5. The number of hydrogen-bond donors (Lipinski definition) is 0. The fourth-order valence-electron chi connectivity index (χ4n) is 1.99. The Morgan fingerprint density at radius 3 is 1.83 bits per heavy atom. The Bertz CT molecular complexity index is 404. The molecule has 0 heterocycles. The summed E-state index contributed by atoms with van der Waals surface area (Å²) in [4.78, 5) is 0. The van der Waals surface area contributed by atoms with Gasteiger partial charge in [0.25, 0.3) is 0 Å². The van der Waals surface area contributed by atoms with Crippen molar-refractivity contribution in [3.8, 4) is 0 Å². The molecular formula is C17H20O. The highest BCUT2D eigenvalue weighted by Gasteiger charge is 2.09. The average molecular weight is 240 g/mol. The molecule has 0 aliphatic heterocycles. The van der Waals surface area contributed by atoms with Crippen LogP contribution >= 0.6 is 0 Å². The predicted molar refractivity (Wildman–Crippen MR) is 75.7 cm³/mol. The number of hydrogen-bond acceptors (Lipinski definition) is 1. The van der Waals surface area contributed by atoms with Gasteiger partial charge in [-0.05, 0) is 18.1 Å². The summed E-state index contributed by atoms with van der Waals surface area (Å²) in [5.41, 5.74) is 2.57. The maximum absolute atomic E-state index is 5.94. The lowest BCUT2D eigenvalue weighted by Gasteiger charge is -2.17. The zero-order chi connectivity index (χ0) is 12.8. The van der Waals surface area contributed by atoms with Crippen LogP contribution in [0.2, 0.25) is 0 Å². The molecule has 0 aromatic heterocycles. The summed E-state index contributed by atoms with van der Waals surface area (Å²) < 4.78 is 5.94. The van der Waals surface area contributed by atoms with Crippen LogP contribution in [0.15, 0.2) is 60.7 Å². The summed E-state index contributed by atoms with van der Waals surface area (Å²) >= 11 is 0. The van der Waals surface area contributed by atoms with E-state index >= 15 is 0 Å². The Labute approximate surface area is 109 Å². The Balaban J connectivity index is 1.89. The Morgan fingerprint density at radius 2 is 1.28 bits per heavy atom. The second-order valence-corrected chi connectivity index (χ2v) is 4.70. The fourth-order valence-corrected chi connectivity index (χ4v) is 1.99. The summed E-state index contributed by atoms with van der Waals surface area (Å²) in [6.07, 6.45) is 0.150. The van der Waals surface area contributed by atoms with Crippen molar-refractivity contribution < 1.29 is 4.74 Å². The standard InChI is InChI=1S/C17H20O/c1-14(16-9-5-3-6-10-16)13-18-15(2)17-11-7-4-8-12-17/h3-12,14-15H,13H2,1-2H3. The maximum atomic E-state index is 5.94. The molecule has 1 nitrogen and oxygen atoms in total. The molecule has 18 heavy (non-hydrogen) atoms. The monoisotopic (exact) mass is 240 g/mol. The van der Waals surface area contributed by atoms with Crippen LogP contribution in [-0.4, -0.2) is 6.61 Å². The first kappa shape index (κ1) is 12.8. The zero-order valence-corrected chi connectivity index (χ0v) is 11.0. The van der Waals surface area contributed by atoms with Gasteiger partial charge in [-0.15, -0.1) is 0 Å². The minimum absolute atomic E-state index is 0.150. The molecule has 1 heteroatoms. The minimum atomic E-state index is 0.150. The highest BCUT2D eigenvalue weighted by molar-refractivity contribution is 5.19. The molecule has 0 bridgehead atoms. The summed E-state index contributed by atoms with van der Waals surface area (Å²) in [7, 11) is 0. The Hall–Kier alpha value is -1.60. The third-order valence-electron chi connectivity index (χ3n) is 3.23. The first-order valence-electron chi connectivity index (χ1n) is 6.49. The lowest BCUT2D eigenvalue weighted by Crippen LogP contribution is -2.07. The van der Waals surface area contributed by atoms with E-state index in [1.165, 1.54) is 11.1 Å². The third-order valence-corrected chi connectivity index (χ3v) is 3.23. The lowest BCUT2D eigenvalue weighted by atomic mass is 10.0. The predicted octanol–water partition coefficient (Wildman–Crippen LogP) is 4.57. The van der Waals surface area contributed by atoms with Crippen LogP contribution in [0, 0.1) is 0 Å². The molecule has 0 spiro atoms. The van der Waals surface area contributed by atoms with Crippen LogP contribution in [0.3, 0.4) is 0 Å². The highest BCUT2D eigenvalue weighted by Crippen LogP contribution is 2.21. The molecule has 0 saturated carbocycles. The van der Waals surface area contributed by atoms with Gasteiger partial charge in [0.15, 0.2) is 0 Å². The summed E-state index contributed by atoms with van der Waals surface area (Å²) in [5, 5.41) is 0. The second-order valence-electron chi connectivity index (χ2n) is 4.70. The van der Waals surface area contributed by atoms with Crippen molar-refractivity contribution in [3.05, 3.63) is 71.8 Å². The third kappa shape index (κ3) is 3.44. The summed E-state index contributed by atoms with van der Waals surface area (Å²) in [6, 6.07) is 20.9. The van der Waals surface area contributed by atoms with Gasteiger partial charge in [-0.3, -0.25) is 0 Å². The van der Waals surface area contributed by atoms with Gasteiger partial charge in [0, 0.05) is 5.92 Å². The van der Waals surface area contributed by atoms with Crippen molar-refractivity contribution in [2.45, 2.75) is 25.9 Å². The van der Waals surface area contributed by atoms with Crippen LogP contribution in [0.1, 0.15) is 37.0 Å². The molecule has 0 N–H and O–H groups in total. The topological polar surface area (TPSA) is 9.23 Å². The maximum Gasteiger partial charge on any atom is 0.0797 e. The molecule has 0 fully saturated rings. The van der Waals surface area contributed by atoms with E-state index in [0.29, 0.717) is 5.92 Å². The van der Waals surface area contributed by atoms with Gasteiger partial charge in [-0.1, -0.05) is 67.6 Å². The summed E-state index contributed by atoms with van der Waals surface area (Å²) in [5.74, 6) is 0.428. The molecule has 2 unspecified atom stereocenters. The normalized spacial score (nSPS) is 14.1. The smallest absolute Gasteiger partial charge is 0.0797 e. The first-order chi connectivity index (χ1) is 8.77. The van der Waals surface area contributed by atoms with Crippen molar-refractivity contribution >= 4 is 0 Å². The van der Waals surface area contributed by atoms with E-state index < -0.39 is 0 Å². The van der Waals surface area contributed by atoms with Crippen LogP contribution in [0.25, 0.3) is 0 Å². The molecular weight excluding hydrogens is 220 g/mol. The molecule has 0 amide bonds. The number of ether oxygens (including phenoxy) is 1. The van der Waals surface area contributed by atoms with Gasteiger partial charge < -0.3 is 4.74 Å². The molecule has 2 atom stereocenters. The van der Waals surface area contributed by atoms with E-state index in [1.54, 1.807) is 0 Å². The summed E-state index contributed by atoms with van der Waals surface area (Å²) in [6.45, 7) is 5.06. The van der Waals surface area contributed by atoms with Gasteiger partial charge in [0.05, 0.1) is 12.7 Å². The van der Waals surface area contributed by atoms with Gasteiger partial charge in [0.1, 0.15) is 0 Å². The molecule has 2 aromatic rings. The quantitative estimate of drug-likeness (QED) is 0.744. The number of benzene rings is 2. The van der Waals surface area contributed by atoms with Crippen LogP contribution in [0.4, 0.5) is 0 Å². The van der Waals surface area contributed by atoms with Crippen LogP contribution in [-0.2, 0) is 4.74 Å². The Kier molecular flexibility index (Phi) is 4.54. The molecule has 0 aliphatic carbocycles. The molecule has 0 aliphatic rings. The van der Waals surface area contributed by atoms with E-state index in [1.807, 2.05) is 12.1 Å². The fraction of sp³-hybridized carbons (Fsp3) is 0.294.